The first kappa shape index (κ1) is 13.2. The Hall–Kier alpha value is -2.24. The van der Waals surface area contributed by atoms with E-state index in [4.69, 9.17) is 4.74 Å². The molecule has 1 aromatic carbocycles. The number of urea groups is 1. The fourth-order valence-electron chi connectivity index (χ4n) is 1.78. The van der Waals surface area contributed by atoms with Crippen molar-refractivity contribution in [2.45, 2.75) is 26.0 Å². The molecule has 6 heteroatoms. The fraction of sp³-hybridized carbons (Fsp3) is 0.385. The molecule has 1 aliphatic heterocycles. The standard InChI is InChI=1S/C13H17N3O3/c1-8(2)15-12(17)16-10-5-3-9(4-6-10)11-7-14-13(18)19-11/h3-6,8,11H,7H2,1-2H3,(H,14,18)(H2,15,16,17). The van der Waals surface area contributed by atoms with Crippen LogP contribution in [0.25, 0.3) is 0 Å². The number of ether oxygens (including phenoxy) is 1. The van der Waals surface area contributed by atoms with Crippen molar-refractivity contribution in [2.75, 3.05) is 11.9 Å². The normalized spacial score (nSPS) is 17.8. The van der Waals surface area contributed by atoms with E-state index in [0.29, 0.717) is 12.2 Å². The van der Waals surface area contributed by atoms with E-state index in [-0.39, 0.29) is 18.2 Å². The second-order valence-electron chi connectivity index (χ2n) is 4.65. The number of cyclic esters (lactones) is 1. The molecule has 102 valence electrons. The summed E-state index contributed by atoms with van der Waals surface area (Å²) in [5.74, 6) is 0. The number of amides is 3. The molecule has 19 heavy (non-hydrogen) atoms. The van der Waals surface area contributed by atoms with Crippen LogP contribution < -0.4 is 16.0 Å². The predicted molar refractivity (Wildman–Crippen MR) is 71.0 cm³/mol. The maximum Gasteiger partial charge on any atom is 0.407 e. The van der Waals surface area contributed by atoms with Crippen molar-refractivity contribution in [3.63, 3.8) is 0 Å². The van der Waals surface area contributed by atoms with Crippen molar-refractivity contribution in [3.8, 4) is 0 Å². The number of anilines is 1. The van der Waals surface area contributed by atoms with Gasteiger partial charge in [0.05, 0.1) is 6.54 Å². The van der Waals surface area contributed by atoms with E-state index in [1.165, 1.54) is 0 Å². The lowest BCUT2D eigenvalue weighted by molar-refractivity contribution is 0.141. The van der Waals surface area contributed by atoms with Gasteiger partial charge in [-0.15, -0.1) is 0 Å². The largest absolute Gasteiger partial charge is 0.439 e. The maximum atomic E-state index is 11.5. The Morgan fingerprint density at radius 2 is 2.05 bits per heavy atom. The van der Waals surface area contributed by atoms with E-state index in [2.05, 4.69) is 16.0 Å². The van der Waals surface area contributed by atoms with E-state index < -0.39 is 6.09 Å². The number of carbonyl (C=O) groups is 2. The lowest BCUT2D eigenvalue weighted by Crippen LogP contribution is -2.34. The average Bonchev–Trinajstić information content (AvgIpc) is 2.75. The topological polar surface area (TPSA) is 79.5 Å². The molecule has 0 saturated carbocycles. The SMILES string of the molecule is CC(C)NC(=O)Nc1ccc(C2CNC(=O)O2)cc1. The summed E-state index contributed by atoms with van der Waals surface area (Å²) >= 11 is 0. The Labute approximate surface area is 111 Å². The number of alkyl carbamates (subject to hydrolysis) is 1. The van der Waals surface area contributed by atoms with Gasteiger partial charge in [0.25, 0.3) is 0 Å². The van der Waals surface area contributed by atoms with Gasteiger partial charge in [0.15, 0.2) is 0 Å². The van der Waals surface area contributed by atoms with Crippen LogP contribution in [0.3, 0.4) is 0 Å². The fourth-order valence-corrected chi connectivity index (χ4v) is 1.78. The van der Waals surface area contributed by atoms with E-state index in [1.54, 1.807) is 12.1 Å². The first-order valence-corrected chi connectivity index (χ1v) is 6.16. The van der Waals surface area contributed by atoms with Gasteiger partial charge in [-0.05, 0) is 31.5 Å². The molecule has 2 rings (SSSR count). The number of hydrogen-bond donors (Lipinski definition) is 3. The highest BCUT2D eigenvalue weighted by Gasteiger charge is 2.23. The Kier molecular flexibility index (Phi) is 3.89. The molecule has 3 amide bonds. The number of benzene rings is 1. The van der Waals surface area contributed by atoms with Gasteiger partial charge in [-0.3, -0.25) is 0 Å². The molecule has 1 fully saturated rings. The van der Waals surface area contributed by atoms with Crippen LogP contribution in [0.15, 0.2) is 24.3 Å². The Morgan fingerprint density at radius 3 is 2.58 bits per heavy atom. The summed E-state index contributed by atoms with van der Waals surface area (Å²) in [6, 6.07) is 7.06. The van der Waals surface area contributed by atoms with Crippen molar-refractivity contribution in [1.82, 2.24) is 10.6 Å². The zero-order valence-electron chi connectivity index (χ0n) is 10.9. The molecule has 1 aliphatic rings. The molecule has 1 aromatic rings. The molecule has 0 spiro atoms. The van der Waals surface area contributed by atoms with E-state index in [0.717, 1.165) is 5.56 Å². The predicted octanol–water partition coefficient (Wildman–Crippen LogP) is 2.00. The molecule has 0 bridgehead atoms. The van der Waals surface area contributed by atoms with Crippen LogP contribution in [-0.4, -0.2) is 24.7 Å². The second-order valence-corrected chi connectivity index (χ2v) is 4.65. The smallest absolute Gasteiger partial charge is 0.407 e. The summed E-state index contributed by atoms with van der Waals surface area (Å²) in [6.07, 6.45) is -0.658. The molecular weight excluding hydrogens is 246 g/mol. The van der Waals surface area contributed by atoms with Gasteiger partial charge < -0.3 is 20.7 Å². The quantitative estimate of drug-likeness (QED) is 0.780. The first-order valence-electron chi connectivity index (χ1n) is 6.16. The summed E-state index contributed by atoms with van der Waals surface area (Å²) in [5, 5.41) is 8.06. The highest BCUT2D eigenvalue weighted by atomic mass is 16.6. The van der Waals surface area contributed by atoms with E-state index >= 15 is 0 Å². The Balaban J connectivity index is 1.95. The molecule has 1 unspecified atom stereocenters. The summed E-state index contributed by atoms with van der Waals surface area (Å²) in [7, 11) is 0. The highest BCUT2D eigenvalue weighted by molar-refractivity contribution is 5.89. The van der Waals surface area contributed by atoms with Gasteiger partial charge in [0.1, 0.15) is 6.10 Å². The first-order chi connectivity index (χ1) is 9.04. The van der Waals surface area contributed by atoms with Gasteiger partial charge in [0.2, 0.25) is 0 Å². The third kappa shape index (κ3) is 3.61. The van der Waals surface area contributed by atoms with Crippen LogP contribution in [0.1, 0.15) is 25.5 Å². The zero-order chi connectivity index (χ0) is 13.8. The van der Waals surface area contributed by atoms with Crippen LogP contribution in [0.5, 0.6) is 0 Å². The molecular formula is C13H17N3O3. The number of hydrogen-bond acceptors (Lipinski definition) is 3. The molecule has 0 radical (unpaired) electrons. The lowest BCUT2D eigenvalue weighted by atomic mass is 10.1. The Bertz CT molecular complexity index is 471. The summed E-state index contributed by atoms with van der Waals surface area (Å²) in [6.45, 7) is 4.26. The van der Waals surface area contributed by atoms with Crippen LogP contribution in [0, 0.1) is 0 Å². The minimum Gasteiger partial charge on any atom is -0.439 e. The molecule has 1 saturated heterocycles. The van der Waals surface area contributed by atoms with Crippen LogP contribution >= 0.6 is 0 Å². The molecule has 6 nitrogen and oxygen atoms in total. The van der Waals surface area contributed by atoms with Gasteiger partial charge in [0, 0.05) is 11.7 Å². The van der Waals surface area contributed by atoms with Gasteiger partial charge in [-0.25, -0.2) is 9.59 Å². The summed E-state index contributed by atoms with van der Waals surface area (Å²) < 4.78 is 5.07. The number of rotatable bonds is 3. The van der Waals surface area contributed by atoms with Crippen LogP contribution in [0.4, 0.5) is 15.3 Å². The lowest BCUT2D eigenvalue weighted by Gasteiger charge is -2.11. The monoisotopic (exact) mass is 263 g/mol. The molecule has 0 aromatic heterocycles. The maximum absolute atomic E-state index is 11.5. The van der Waals surface area contributed by atoms with Crippen LogP contribution in [0.2, 0.25) is 0 Å². The van der Waals surface area contributed by atoms with E-state index in [9.17, 15) is 9.59 Å². The third-order valence-electron chi connectivity index (χ3n) is 2.64. The molecule has 3 N–H and O–H groups in total. The van der Waals surface area contributed by atoms with Gasteiger partial charge in [-0.2, -0.15) is 0 Å². The molecule has 1 heterocycles. The van der Waals surface area contributed by atoms with Crippen molar-refractivity contribution < 1.29 is 14.3 Å². The summed E-state index contributed by atoms with van der Waals surface area (Å²) in [4.78, 5) is 22.4. The minimum atomic E-state index is -0.400. The molecule has 1 atom stereocenters. The van der Waals surface area contributed by atoms with E-state index in [1.807, 2.05) is 26.0 Å². The minimum absolute atomic E-state index is 0.0863. The molecule has 0 aliphatic carbocycles. The van der Waals surface area contributed by atoms with Crippen molar-refractivity contribution in [2.24, 2.45) is 0 Å². The van der Waals surface area contributed by atoms with Gasteiger partial charge >= 0.3 is 12.1 Å². The second kappa shape index (κ2) is 5.60. The third-order valence-corrected chi connectivity index (χ3v) is 2.64. The van der Waals surface area contributed by atoms with Crippen molar-refractivity contribution >= 4 is 17.8 Å². The number of nitrogens with one attached hydrogen (secondary N) is 3. The summed E-state index contributed by atoms with van der Waals surface area (Å²) in [5.41, 5.74) is 1.59. The van der Waals surface area contributed by atoms with Crippen molar-refractivity contribution in [3.05, 3.63) is 29.8 Å². The zero-order valence-corrected chi connectivity index (χ0v) is 10.9. The van der Waals surface area contributed by atoms with Crippen molar-refractivity contribution in [1.29, 1.82) is 0 Å². The van der Waals surface area contributed by atoms with Gasteiger partial charge in [-0.1, -0.05) is 12.1 Å². The van der Waals surface area contributed by atoms with Crippen LogP contribution in [-0.2, 0) is 4.74 Å². The average molecular weight is 263 g/mol. The Morgan fingerprint density at radius 1 is 1.37 bits per heavy atom. The number of carbonyl (C=O) groups excluding carboxylic acids is 2. The highest BCUT2D eigenvalue weighted by Crippen LogP contribution is 2.22.